The van der Waals surface area contributed by atoms with Gasteiger partial charge >= 0.3 is 0 Å². The molecule has 0 fully saturated rings. The van der Waals surface area contributed by atoms with E-state index < -0.39 is 4.92 Å². The van der Waals surface area contributed by atoms with Gasteiger partial charge in [-0.25, -0.2) is 0 Å². The van der Waals surface area contributed by atoms with Crippen LogP contribution in [0.4, 0.5) is 11.4 Å². The monoisotopic (exact) mass is 210 g/mol. The summed E-state index contributed by atoms with van der Waals surface area (Å²) in [5.41, 5.74) is 0.968. The highest BCUT2D eigenvalue weighted by Crippen LogP contribution is 2.18. The van der Waals surface area contributed by atoms with E-state index in [2.05, 4.69) is 0 Å². The minimum absolute atomic E-state index is 0.0742. The Morgan fingerprint density at radius 1 is 1.40 bits per heavy atom. The molecule has 0 saturated heterocycles. The molecule has 0 bridgehead atoms. The molecule has 0 radical (unpaired) electrons. The number of hydrogen-bond acceptors (Lipinski definition) is 4. The van der Waals surface area contributed by atoms with Crippen molar-refractivity contribution in [2.45, 2.75) is 6.92 Å². The van der Waals surface area contributed by atoms with Gasteiger partial charge in [0.25, 0.3) is 5.69 Å². The summed E-state index contributed by atoms with van der Waals surface area (Å²) in [6.07, 6.45) is 0. The topological polar surface area (TPSA) is 66.6 Å². The number of likely N-dealkylation sites (N-methyl/N-ethyl adjacent to an activating group) is 1. The average Bonchev–Trinajstić information content (AvgIpc) is 2.26. The number of nitro groups is 1. The van der Waals surface area contributed by atoms with E-state index in [0.29, 0.717) is 6.54 Å². The van der Waals surface area contributed by atoms with Crippen LogP contribution in [0.1, 0.15) is 6.92 Å². The van der Waals surface area contributed by atoms with Gasteiger partial charge in [0.15, 0.2) is 0 Å². The van der Waals surface area contributed by atoms with E-state index >= 15 is 0 Å². The number of non-ortho nitro benzene ring substituents is 1. The summed E-state index contributed by atoms with van der Waals surface area (Å²) in [7, 11) is 0. The van der Waals surface area contributed by atoms with Crippen LogP contribution < -0.4 is 4.90 Å². The molecule has 0 aromatic heterocycles. The van der Waals surface area contributed by atoms with Gasteiger partial charge in [-0.05, 0) is 19.1 Å². The lowest BCUT2D eigenvalue weighted by Crippen LogP contribution is -2.25. The van der Waals surface area contributed by atoms with Crippen molar-refractivity contribution in [2.75, 3.05) is 24.6 Å². The van der Waals surface area contributed by atoms with E-state index in [-0.39, 0.29) is 12.3 Å². The summed E-state index contributed by atoms with van der Waals surface area (Å²) >= 11 is 0. The zero-order valence-corrected chi connectivity index (χ0v) is 8.59. The van der Waals surface area contributed by atoms with Crippen molar-refractivity contribution < 1.29 is 10.0 Å². The summed E-state index contributed by atoms with van der Waals surface area (Å²) in [6.45, 7) is 3.34. The minimum atomic E-state index is -0.424. The Morgan fingerprint density at radius 2 is 2.00 bits per heavy atom. The molecule has 0 saturated carbocycles. The Hall–Kier alpha value is -1.62. The second kappa shape index (κ2) is 5.31. The average molecular weight is 210 g/mol. The third-order valence-electron chi connectivity index (χ3n) is 2.18. The van der Waals surface area contributed by atoms with Crippen molar-refractivity contribution in [3.8, 4) is 0 Å². The molecule has 1 rings (SSSR count). The number of hydrogen-bond donors (Lipinski definition) is 1. The molecule has 1 N–H and O–H groups in total. The predicted molar refractivity (Wildman–Crippen MR) is 58.1 cm³/mol. The summed E-state index contributed by atoms with van der Waals surface area (Å²) in [6, 6.07) is 6.32. The van der Waals surface area contributed by atoms with Crippen molar-refractivity contribution in [3.63, 3.8) is 0 Å². The van der Waals surface area contributed by atoms with Crippen molar-refractivity contribution in [1.29, 1.82) is 0 Å². The number of nitro benzene ring substituents is 1. The second-order valence-electron chi connectivity index (χ2n) is 3.08. The van der Waals surface area contributed by atoms with Crippen LogP contribution in [0.15, 0.2) is 24.3 Å². The molecule has 0 spiro atoms. The molecule has 1 aromatic carbocycles. The van der Waals surface area contributed by atoms with Gasteiger partial charge in [0.2, 0.25) is 0 Å². The van der Waals surface area contributed by atoms with Crippen LogP contribution in [-0.4, -0.2) is 29.7 Å². The van der Waals surface area contributed by atoms with E-state index in [9.17, 15) is 10.1 Å². The van der Waals surface area contributed by atoms with E-state index in [4.69, 9.17) is 5.11 Å². The second-order valence-corrected chi connectivity index (χ2v) is 3.08. The zero-order valence-electron chi connectivity index (χ0n) is 8.59. The molecule has 0 unspecified atom stereocenters. The molecule has 0 atom stereocenters. The highest BCUT2D eigenvalue weighted by molar-refractivity contribution is 5.50. The summed E-state index contributed by atoms with van der Waals surface area (Å²) < 4.78 is 0. The van der Waals surface area contributed by atoms with Crippen LogP contribution in [0, 0.1) is 10.1 Å². The standard InChI is InChI=1S/C10H14N2O3/c1-2-11(7-8-13)9-3-5-10(6-4-9)12(14)15/h3-6,13H,2,7-8H2,1H3. The van der Waals surface area contributed by atoms with Gasteiger partial charge in [-0.1, -0.05) is 0 Å². The number of anilines is 1. The normalized spacial score (nSPS) is 10.0. The van der Waals surface area contributed by atoms with Crippen molar-refractivity contribution in [1.82, 2.24) is 0 Å². The zero-order chi connectivity index (χ0) is 11.3. The fourth-order valence-electron chi connectivity index (χ4n) is 1.38. The van der Waals surface area contributed by atoms with Crippen LogP contribution in [-0.2, 0) is 0 Å². The van der Waals surface area contributed by atoms with Crippen molar-refractivity contribution >= 4 is 11.4 Å². The summed E-state index contributed by atoms with van der Waals surface area (Å²) in [5.74, 6) is 0. The number of nitrogens with zero attached hydrogens (tertiary/aromatic N) is 2. The van der Waals surface area contributed by atoms with Crippen LogP contribution in [0.5, 0.6) is 0 Å². The van der Waals surface area contributed by atoms with E-state index in [1.165, 1.54) is 12.1 Å². The molecule has 0 aliphatic rings. The maximum atomic E-state index is 10.4. The first kappa shape index (κ1) is 11.5. The lowest BCUT2D eigenvalue weighted by Gasteiger charge is -2.21. The summed E-state index contributed by atoms with van der Waals surface area (Å²) in [4.78, 5) is 12.0. The lowest BCUT2D eigenvalue weighted by atomic mass is 10.2. The molecular weight excluding hydrogens is 196 g/mol. The molecule has 15 heavy (non-hydrogen) atoms. The summed E-state index contributed by atoms with van der Waals surface area (Å²) in [5, 5.41) is 19.3. The lowest BCUT2D eigenvalue weighted by molar-refractivity contribution is -0.384. The third kappa shape index (κ3) is 2.92. The number of aliphatic hydroxyl groups is 1. The molecule has 0 amide bonds. The maximum Gasteiger partial charge on any atom is 0.269 e. The first-order valence-electron chi connectivity index (χ1n) is 4.79. The fraction of sp³-hybridized carbons (Fsp3) is 0.400. The Kier molecular flexibility index (Phi) is 4.05. The molecule has 0 aliphatic heterocycles. The maximum absolute atomic E-state index is 10.4. The Morgan fingerprint density at radius 3 is 2.40 bits per heavy atom. The molecule has 5 nitrogen and oxygen atoms in total. The minimum Gasteiger partial charge on any atom is -0.395 e. The molecule has 1 aromatic rings. The number of benzene rings is 1. The highest BCUT2D eigenvalue weighted by atomic mass is 16.6. The van der Waals surface area contributed by atoms with Gasteiger partial charge < -0.3 is 10.0 Å². The molecular formula is C10H14N2O3. The van der Waals surface area contributed by atoms with Crippen LogP contribution in [0.25, 0.3) is 0 Å². The first-order valence-corrected chi connectivity index (χ1v) is 4.79. The van der Waals surface area contributed by atoms with E-state index in [0.717, 1.165) is 12.2 Å². The van der Waals surface area contributed by atoms with Crippen molar-refractivity contribution in [3.05, 3.63) is 34.4 Å². The van der Waals surface area contributed by atoms with Gasteiger partial charge in [-0.2, -0.15) is 0 Å². The highest BCUT2D eigenvalue weighted by Gasteiger charge is 2.07. The largest absolute Gasteiger partial charge is 0.395 e. The van der Waals surface area contributed by atoms with Gasteiger partial charge in [0.05, 0.1) is 11.5 Å². The van der Waals surface area contributed by atoms with Gasteiger partial charge in [-0.3, -0.25) is 10.1 Å². The number of rotatable bonds is 5. The predicted octanol–water partition coefficient (Wildman–Crippen LogP) is 1.41. The molecule has 82 valence electrons. The third-order valence-corrected chi connectivity index (χ3v) is 2.18. The van der Waals surface area contributed by atoms with Crippen molar-refractivity contribution in [2.24, 2.45) is 0 Å². The van der Waals surface area contributed by atoms with Gasteiger partial charge in [0.1, 0.15) is 0 Å². The quantitative estimate of drug-likeness (QED) is 0.589. The van der Waals surface area contributed by atoms with Crippen LogP contribution >= 0.6 is 0 Å². The molecule has 0 aliphatic carbocycles. The fourth-order valence-corrected chi connectivity index (χ4v) is 1.38. The Labute approximate surface area is 88.1 Å². The smallest absolute Gasteiger partial charge is 0.269 e. The first-order chi connectivity index (χ1) is 7.19. The van der Waals surface area contributed by atoms with Gasteiger partial charge in [0, 0.05) is 30.9 Å². The van der Waals surface area contributed by atoms with E-state index in [1.807, 2.05) is 11.8 Å². The molecule has 5 heteroatoms. The van der Waals surface area contributed by atoms with Gasteiger partial charge in [-0.15, -0.1) is 0 Å². The SMILES string of the molecule is CCN(CCO)c1ccc([N+](=O)[O-])cc1. The Bertz CT molecular complexity index is 324. The Balaban J connectivity index is 2.81. The van der Waals surface area contributed by atoms with Crippen LogP contribution in [0.3, 0.4) is 0 Å². The molecule has 0 heterocycles. The van der Waals surface area contributed by atoms with Crippen LogP contribution in [0.2, 0.25) is 0 Å². The van der Waals surface area contributed by atoms with E-state index in [1.54, 1.807) is 12.1 Å². The number of aliphatic hydroxyl groups excluding tert-OH is 1.